The maximum absolute atomic E-state index is 13.6. The van der Waals surface area contributed by atoms with Crippen molar-refractivity contribution in [1.29, 1.82) is 0 Å². The Morgan fingerprint density at radius 2 is 1.82 bits per heavy atom. The van der Waals surface area contributed by atoms with Gasteiger partial charge in [0, 0.05) is 31.7 Å². The quantitative estimate of drug-likeness (QED) is 0.295. The fraction of sp³-hybridized carbons (Fsp3) is 0.296. The summed E-state index contributed by atoms with van der Waals surface area (Å²) >= 11 is 0. The van der Waals surface area contributed by atoms with E-state index in [0.29, 0.717) is 34.4 Å². The third kappa shape index (κ3) is 5.52. The minimum Gasteiger partial charge on any atom is -0.493 e. The Kier molecular flexibility index (Phi) is 7.53. The fourth-order valence-electron chi connectivity index (χ4n) is 4.15. The van der Waals surface area contributed by atoms with Crippen LogP contribution in [0.25, 0.3) is 10.9 Å². The van der Waals surface area contributed by atoms with Crippen molar-refractivity contribution in [2.75, 3.05) is 31.8 Å². The van der Waals surface area contributed by atoms with Crippen LogP contribution in [0.15, 0.2) is 53.6 Å². The zero-order valence-corrected chi connectivity index (χ0v) is 23.7. The Morgan fingerprint density at radius 1 is 1.08 bits per heavy atom. The number of hydrogen-bond acceptors (Lipinski definition) is 8. The zero-order valence-electron chi connectivity index (χ0n) is 22.9. The number of fused-ring (bicyclic) bond motifs is 1. The van der Waals surface area contributed by atoms with E-state index in [1.165, 1.54) is 14.2 Å². The molecule has 0 aliphatic heterocycles. The number of amides is 1. The van der Waals surface area contributed by atoms with Crippen LogP contribution in [0.2, 0.25) is 0 Å². The van der Waals surface area contributed by atoms with Gasteiger partial charge in [-0.2, -0.15) is 4.98 Å². The number of rotatable bonds is 8. The summed E-state index contributed by atoms with van der Waals surface area (Å²) in [6.07, 6.45) is 1.58. The molecule has 0 aliphatic rings. The number of carbonyl (C=O) groups is 1. The first-order valence-electron chi connectivity index (χ1n) is 12.1. The van der Waals surface area contributed by atoms with E-state index in [0.717, 1.165) is 5.39 Å². The summed E-state index contributed by atoms with van der Waals surface area (Å²) in [6, 6.07) is 12.2. The van der Waals surface area contributed by atoms with E-state index in [9.17, 15) is 13.2 Å². The van der Waals surface area contributed by atoms with Crippen molar-refractivity contribution >= 4 is 38.5 Å². The molecule has 2 aromatic heterocycles. The van der Waals surface area contributed by atoms with Crippen molar-refractivity contribution in [1.82, 2.24) is 19.3 Å². The SMILES string of the molecule is CNc1nccc(Oc2cccc3cc(C(=O)Nc4cc(C(C)(C)C)cc(S(=O)(=O)NC)c4OC)n(C)c23)n1. The third-order valence-corrected chi connectivity index (χ3v) is 7.67. The predicted molar refractivity (Wildman–Crippen MR) is 150 cm³/mol. The second-order valence-corrected chi connectivity index (χ2v) is 11.7. The van der Waals surface area contributed by atoms with Crippen molar-refractivity contribution in [2.45, 2.75) is 31.1 Å². The van der Waals surface area contributed by atoms with Gasteiger partial charge in [-0.1, -0.05) is 32.9 Å². The van der Waals surface area contributed by atoms with E-state index in [2.05, 4.69) is 25.3 Å². The molecule has 0 aliphatic carbocycles. The number of anilines is 2. The Morgan fingerprint density at radius 3 is 2.46 bits per heavy atom. The second-order valence-electron chi connectivity index (χ2n) is 9.82. The number of aryl methyl sites for hydroxylation is 1. The summed E-state index contributed by atoms with van der Waals surface area (Å²) in [5.41, 5.74) is 1.57. The summed E-state index contributed by atoms with van der Waals surface area (Å²) < 4.78 is 41.2. The molecule has 206 valence electrons. The zero-order chi connectivity index (χ0) is 28.5. The maximum Gasteiger partial charge on any atom is 0.272 e. The first kappa shape index (κ1) is 27.9. The Balaban J connectivity index is 1.77. The highest BCUT2D eigenvalue weighted by Gasteiger charge is 2.27. The van der Waals surface area contributed by atoms with E-state index in [-0.39, 0.29) is 16.3 Å². The molecule has 3 N–H and O–H groups in total. The van der Waals surface area contributed by atoms with Gasteiger partial charge < -0.3 is 24.7 Å². The van der Waals surface area contributed by atoms with Crippen LogP contribution in [-0.4, -0.2) is 50.1 Å². The number of methoxy groups -OCH3 is 1. The van der Waals surface area contributed by atoms with E-state index < -0.39 is 21.3 Å². The van der Waals surface area contributed by atoms with E-state index in [1.807, 2.05) is 32.9 Å². The lowest BCUT2D eigenvalue weighted by atomic mass is 9.86. The Labute approximate surface area is 227 Å². The molecule has 0 bridgehead atoms. The number of nitrogens with one attached hydrogen (secondary N) is 3. The molecular weight excluding hydrogens is 520 g/mol. The van der Waals surface area contributed by atoms with Crippen molar-refractivity contribution in [3.8, 4) is 17.4 Å². The number of sulfonamides is 1. The smallest absolute Gasteiger partial charge is 0.272 e. The van der Waals surface area contributed by atoms with Gasteiger partial charge in [0.05, 0.1) is 18.3 Å². The van der Waals surface area contributed by atoms with Gasteiger partial charge in [-0.15, -0.1) is 0 Å². The number of carbonyl (C=O) groups excluding carboxylic acids is 1. The molecule has 0 radical (unpaired) electrons. The van der Waals surface area contributed by atoms with E-state index in [4.69, 9.17) is 9.47 Å². The van der Waals surface area contributed by atoms with Gasteiger partial charge >= 0.3 is 0 Å². The number of aromatic nitrogens is 3. The molecule has 0 spiro atoms. The molecule has 1 amide bonds. The van der Waals surface area contributed by atoms with Gasteiger partial charge in [0.25, 0.3) is 5.91 Å². The number of para-hydroxylation sites is 1. The van der Waals surface area contributed by atoms with Crippen LogP contribution in [-0.2, 0) is 22.5 Å². The Hall–Kier alpha value is -4.16. The van der Waals surface area contributed by atoms with Gasteiger partial charge in [-0.25, -0.2) is 18.1 Å². The lowest BCUT2D eigenvalue weighted by molar-refractivity contribution is 0.101. The molecule has 4 aromatic rings. The van der Waals surface area contributed by atoms with Crippen LogP contribution in [0.5, 0.6) is 17.4 Å². The van der Waals surface area contributed by atoms with Gasteiger partial charge in [0.2, 0.25) is 21.9 Å². The largest absolute Gasteiger partial charge is 0.493 e. The predicted octanol–water partition coefficient (Wildman–Crippen LogP) is 4.27. The number of nitrogens with zero attached hydrogens (tertiary/aromatic N) is 3. The first-order chi connectivity index (χ1) is 18.4. The minimum absolute atomic E-state index is 0.0394. The molecule has 0 atom stereocenters. The van der Waals surface area contributed by atoms with Crippen LogP contribution in [0, 0.1) is 0 Å². The lowest BCUT2D eigenvalue weighted by Gasteiger charge is -2.23. The minimum atomic E-state index is -3.88. The monoisotopic (exact) mass is 552 g/mol. The molecular formula is C27H32N6O5S. The molecule has 0 saturated carbocycles. The second kappa shape index (κ2) is 10.5. The average Bonchev–Trinajstić information content (AvgIpc) is 3.25. The molecule has 39 heavy (non-hydrogen) atoms. The van der Waals surface area contributed by atoms with Crippen LogP contribution >= 0.6 is 0 Å². The third-order valence-electron chi connectivity index (χ3n) is 6.25. The topological polar surface area (TPSA) is 136 Å². The van der Waals surface area contributed by atoms with Crippen LogP contribution in [0.1, 0.15) is 36.8 Å². The van der Waals surface area contributed by atoms with Crippen molar-refractivity contribution in [3.05, 3.63) is 59.9 Å². The number of hydrogen-bond donors (Lipinski definition) is 3. The summed E-state index contributed by atoms with van der Waals surface area (Å²) in [5, 5.41) is 6.51. The highest BCUT2D eigenvalue weighted by atomic mass is 32.2. The summed E-state index contributed by atoms with van der Waals surface area (Å²) in [7, 11) is 2.28. The fourth-order valence-corrected chi connectivity index (χ4v) is 5.09. The first-order valence-corrected chi connectivity index (χ1v) is 13.6. The number of ether oxygens (including phenoxy) is 2. The van der Waals surface area contributed by atoms with Gasteiger partial charge in [0.15, 0.2) is 11.5 Å². The molecule has 0 unspecified atom stereocenters. The number of benzene rings is 2. The van der Waals surface area contributed by atoms with Crippen molar-refractivity contribution in [2.24, 2.45) is 7.05 Å². The van der Waals surface area contributed by atoms with Gasteiger partial charge in [-0.05, 0) is 42.3 Å². The molecule has 11 nitrogen and oxygen atoms in total. The average molecular weight is 553 g/mol. The molecule has 12 heteroatoms. The van der Waals surface area contributed by atoms with Crippen molar-refractivity contribution < 1.29 is 22.7 Å². The Bertz CT molecular complexity index is 1660. The van der Waals surface area contributed by atoms with Crippen molar-refractivity contribution in [3.63, 3.8) is 0 Å². The molecule has 2 heterocycles. The van der Waals surface area contributed by atoms with E-state index in [1.54, 1.807) is 55.2 Å². The highest BCUT2D eigenvalue weighted by Crippen LogP contribution is 2.38. The van der Waals surface area contributed by atoms with Gasteiger partial charge in [-0.3, -0.25) is 4.79 Å². The molecule has 4 rings (SSSR count). The molecule has 0 saturated heterocycles. The summed E-state index contributed by atoms with van der Waals surface area (Å²) in [5.74, 6) is 0.854. The molecule has 2 aromatic carbocycles. The van der Waals surface area contributed by atoms with Crippen LogP contribution in [0.3, 0.4) is 0 Å². The van der Waals surface area contributed by atoms with Crippen LogP contribution in [0.4, 0.5) is 11.6 Å². The summed E-state index contributed by atoms with van der Waals surface area (Å²) in [6.45, 7) is 5.87. The highest BCUT2D eigenvalue weighted by molar-refractivity contribution is 7.89. The van der Waals surface area contributed by atoms with Crippen LogP contribution < -0.4 is 24.8 Å². The lowest BCUT2D eigenvalue weighted by Crippen LogP contribution is -2.23. The van der Waals surface area contributed by atoms with Gasteiger partial charge in [0.1, 0.15) is 10.6 Å². The standard InChI is InChI=1S/C27H32N6O5S/c1-27(2,3)17-14-18(24(37-7)21(15-17)39(35,36)29-5)31-25(34)19-13-16-9-8-10-20(23(16)33(19)6)38-22-11-12-30-26(28-4)32-22/h8-15,29H,1-7H3,(H,31,34)(H,28,30,32). The maximum atomic E-state index is 13.6. The van der Waals surface area contributed by atoms with E-state index >= 15 is 0 Å². The molecule has 0 fully saturated rings. The summed E-state index contributed by atoms with van der Waals surface area (Å²) in [4.78, 5) is 21.9. The normalized spacial score (nSPS) is 11.9.